The summed E-state index contributed by atoms with van der Waals surface area (Å²) >= 11 is 0. The zero-order valence-corrected chi connectivity index (χ0v) is 21.5. The van der Waals surface area contributed by atoms with Crippen molar-refractivity contribution in [1.29, 1.82) is 0 Å². The van der Waals surface area contributed by atoms with Gasteiger partial charge in [-0.05, 0) is 31.5 Å². The zero-order valence-electron chi connectivity index (χ0n) is 21.5. The molecule has 36 heavy (non-hydrogen) atoms. The molecule has 1 fully saturated rings. The molecule has 1 amide bonds. The van der Waals surface area contributed by atoms with Crippen LogP contribution in [-0.2, 0) is 4.79 Å². The van der Waals surface area contributed by atoms with Crippen LogP contribution in [0.2, 0.25) is 0 Å². The van der Waals surface area contributed by atoms with E-state index in [1.165, 1.54) is 13.3 Å². The lowest BCUT2D eigenvalue weighted by atomic mass is 10.0. The second-order valence-corrected chi connectivity index (χ2v) is 8.55. The summed E-state index contributed by atoms with van der Waals surface area (Å²) in [5, 5.41) is 18.0. The number of rotatable bonds is 5. The molecule has 4 heterocycles. The van der Waals surface area contributed by atoms with Crippen LogP contribution >= 0.6 is 0 Å². The number of nitrogens with one attached hydrogen (secondary N) is 2. The van der Waals surface area contributed by atoms with Gasteiger partial charge in [-0.15, -0.1) is 5.10 Å². The fourth-order valence-electron chi connectivity index (χ4n) is 3.93. The monoisotopic (exact) mass is 501 g/mol. The highest BCUT2D eigenvalue weighted by Gasteiger charge is 2.45. The first-order valence-corrected chi connectivity index (χ1v) is 11.9. The number of pyridine rings is 1. The topological polar surface area (TPSA) is 112 Å². The number of carbonyl (C=O) groups excluding carboxylic acids is 1. The molecule has 3 aromatic rings. The van der Waals surface area contributed by atoms with Crippen molar-refractivity contribution in [3.8, 4) is 11.3 Å². The maximum Gasteiger partial charge on any atom is 0.285 e. The van der Waals surface area contributed by atoms with Crippen LogP contribution in [0.25, 0.3) is 16.8 Å². The van der Waals surface area contributed by atoms with Gasteiger partial charge in [-0.25, -0.2) is 13.3 Å². The van der Waals surface area contributed by atoms with Gasteiger partial charge in [0, 0.05) is 39.3 Å². The second-order valence-electron chi connectivity index (χ2n) is 8.55. The molecule has 0 aliphatic carbocycles. The van der Waals surface area contributed by atoms with E-state index in [0.29, 0.717) is 22.7 Å². The van der Waals surface area contributed by atoms with Crippen molar-refractivity contribution in [2.75, 3.05) is 37.8 Å². The van der Waals surface area contributed by atoms with E-state index in [0.717, 1.165) is 16.2 Å². The Labute approximate surface area is 209 Å². The third-order valence-corrected chi connectivity index (χ3v) is 5.64. The smallest absolute Gasteiger partial charge is 0.285 e. The van der Waals surface area contributed by atoms with Crippen LogP contribution in [0.1, 0.15) is 39.3 Å². The first-order valence-electron chi connectivity index (χ1n) is 11.9. The minimum absolute atomic E-state index is 0.0674. The molecule has 1 aliphatic rings. The van der Waals surface area contributed by atoms with Gasteiger partial charge in [0.15, 0.2) is 5.82 Å². The Balaban J connectivity index is 0.00000115. The molecule has 0 spiro atoms. The van der Waals surface area contributed by atoms with Crippen molar-refractivity contribution >= 4 is 28.9 Å². The predicted octanol–water partition coefficient (Wildman–Crippen LogP) is 4.94. The van der Waals surface area contributed by atoms with Crippen molar-refractivity contribution in [2.24, 2.45) is 10.2 Å². The van der Waals surface area contributed by atoms with Gasteiger partial charge < -0.3 is 15.5 Å². The second kappa shape index (κ2) is 11.4. The first kappa shape index (κ1) is 26.9. The van der Waals surface area contributed by atoms with Crippen LogP contribution in [0.15, 0.2) is 34.6 Å². The number of aryl methyl sites for hydroxylation is 1. The van der Waals surface area contributed by atoms with Gasteiger partial charge in [0.1, 0.15) is 11.2 Å². The van der Waals surface area contributed by atoms with Crippen molar-refractivity contribution in [3.05, 3.63) is 30.1 Å². The normalized spacial score (nSPS) is 17.1. The van der Waals surface area contributed by atoms with E-state index in [2.05, 4.69) is 49.8 Å². The van der Waals surface area contributed by atoms with Crippen LogP contribution < -0.4 is 10.6 Å². The fraction of sp³-hybridized carbons (Fsp3) is 0.500. The fourth-order valence-corrected chi connectivity index (χ4v) is 3.93. The van der Waals surface area contributed by atoms with Crippen molar-refractivity contribution < 1.29 is 13.6 Å². The van der Waals surface area contributed by atoms with Crippen molar-refractivity contribution in [2.45, 2.75) is 52.5 Å². The summed E-state index contributed by atoms with van der Waals surface area (Å²) in [7, 11) is 3.30. The lowest BCUT2D eigenvalue weighted by molar-refractivity contribution is -0.140. The van der Waals surface area contributed by atoms with E-state index in [-0.39, 0.29) is 24.8 Å². The molecule has 0 radical (unpaired) electrons. The summed E-state index contributed by atoms with van der Waals surface area (Å²) in [6, 6.07) is 4.33. The minimum Gasteiger partial charge on any atom is -0.371 e. The lowest BCUT2D eigenvalue weighted by Gasteiger charge is -2.38. The Morgan fingerprint density at radius 3 is 2.56 bits per heavy atom. The van der Waals surface area contributed by atoms with E-state index < -0.39 is 18.5 Å². The number of halogens is 2. The predicted molar refractivity (Wildman–Crippen MR) is 136 cm³/mol. The summed E-state index contributed by atoms with van der Waals surface area (Å²) in [5.74, 6) is -2.94. The molecule has 0 saturated carbocycles. The molecule has 1 atom stereocenters. The first-order chi connectivity index (χ1) is 17.1. The molecule has 0 aromatic carbocycles. The molecule has 1 unspecified atom stereocenters. The number of fused-ring (bicyclic) bond motifs is 1. The van der Waals surface area contributed by atoms with Crippen LogP contribution in [0.3, 0.4) is 0 Å². The summed E-state index contributed by atoms with van der Waals surface area (Å²) in [6.07, 6.45) is 3.07. The summed E-state index contributed by atoms with van der Waals surface area (Å²) in [4.78, 5) is 21.7. The van der Waals surface area contributed by atoms with Crippen LogP contribution in [-0.4, -0.2) is 69.5 Å². The van der Waals surface area contributed by atoms with E-state index >= 15 is 0 Å². The third kappa shape index (κ3) is 5.74. The number of carbonyl (C=O) groups is 1. The third-order valence-electron chi connectivity index (χ3n) is 5.64. The van der Waals surface area contributed by atoms with Gasteiger partial charge in [0.2, 0.25) is 11.9 Å². The maximum atomic E-state index is 14.7. The highest BCUT2D eigenvalue weighted by atomic mass is 19.3. The largest absolute Gasteiger partial charge is 0.371 e. The lowest BCUT2D eigenvalue weighted by Crippen LogP contribution is -2.55. The number of azo groups is 1. The molecule has 3 aromatic heterocycles. The van der Waals surface area contributed by atoms with Gasteiger partial charge in [-0.1, -0.05) is 20.3 Å². The van der Waals surface area contributed by atoms with E-state index in [9.17, 15) is 13.6 Å². The van der Waals surface area contributed by atoms with Gasteiger partial charge in [0.25, 0.3) is 5.92 Å². The average Bonchev–Trinajstić information content (AvgIpc) is 3.25. The molecule has 1 saturated heterocycles. The Kier molecular flexibility index (Phi) is 8.49. The van der Waals surface area contributed by atoms with Gasteiger partial charge in [-0.2, -0.15) is 15.2 Å². The quantitative estimate of drug-likeness (QED) is 0.479. The number of hydrogen-bond donors (Lipinski definition) is 2. The molecule has 12 heteroatoms. The number of anilines is 2. The number of likely N-dealkylation sites (tertiary alicyclic amines) is 1. The maximum absolute atomic E-state index is 14.7. The summed E-state index contributed by atoms with van der Waals surface area (Å²) < 4.78 is 30.9. The molecule has 1 aliphatic heterocycles. The average molecular weight is 502 g/mol. The Hall–Kier alpha value is -3.70. The van der Waals surface area contributed by atoms with E-state index in [4.69, 9.17) is 0 Å². The number of hydrogen-bond acceptors (Lipinski definition) is 8. The standard InChI is InChI=1S/C21H25F2N9O.C3H8/c1-12-15(29-25-4)5-6-16(26-12)14-7-10-32-18(14)19(24-3)28-20(30-32)27-17-8-9-31(13(2)33)11-21(17,22)23;1-3-2/h5-7,10,17H,8-9,11H2,1-4H3,(H2,24,27,28,30);3H2,1-2H3. The molecule has 10 nitrogen and oxygen atoms in total. The SMILES string of the molecule is CCC.CN=Nc1ccc(-c2ccn3nc(NC4CCN(C(C)=O)CC4(F)F)nc(NC)c23)nc1C. The van der Waals surface area contributed by atoms with E-state index in [1.54, 1.807) is 24.8 Å². The molecule has 194 valence electrons. The molecule has 2 N–H and O–H groups in total. The van der Waals surface area contributed by atoms with Crippen LogP contribution in [0.4, 0.5) is 26.2 Å². The van der Waals surface area contributed by atoms with Gasteiger partial charge in [0.05, 0.1) is 24.0 Å². The summed E-state index contributed by atoms with van der Waals surface area (Å²) in [6.45, 7) is 7.01. The number of nitrogens with zero attached hydrogens (tertiary/aromatic N) is 7. The number of alkyl halides is 2. The van der Waals surface area contributed by atoms with Crippen molar-refractivity contribution in [1.82, 2.24) is 24.5 Å². The van der Waals surface area contributed by atoms with E-state index in [1.807, 2.05) is 25.1 Å². The van der Waals surface area contributed by atoms with Crippen molar-refractivity contribution in [3.63, 3.8) is 0 Å². The Morgan fingerprint density at radius 2 is 1.97 bits per heavy atom. The molecular weight excluding hydrogens is 468 g/mol. The molecule has 0 bridgehead atoms. The highest BCUT2D eigenvalue weighted by molar-refractivity contribution is 5.87. The van der Waals surface area contributed by atoms with Gasteiger partial charge >= 0.3 is 0 Å². The van der Waals surface area contributed by atoms with Gasteiger partial charge in [-0.3, -0.25) is 9.78 Å². The molecular formula is C24H33F2N9O. The number of piperidine rings is 1. The number of aromatic nitrogens is 4. The zero-order chi connectivity index (χ0) is 26.5. The summed E-state index contributed by atoms with van der Waals surface area (Å²) in [5.41, 5.74) is 3.56. The van der Waals surface area contributed by atoms with Crippen LogP contribution in [0, 0.1) is 6.92 Å². The van der Waals surface area contributed by atoms with Crippen LogP contribution in [0.5, 0.6) is 0 Å². The Morgan fingerprint density at radius 1 is 1.25 bits per heavy atom. The molecule has 4 rings (SSSR count). The Bertz CT molecular complexity index is 1240. The highest BCUT2D eigenvalue weighted by Crippen LogP contribution is 2.33. The number of amides is 1. The minimum atomic E-state index is -3.11.